The number of hydrogen-bond donors (Lipinski definition) is 1. The van der Waals surface area contributed by atoms with Gasteiger partial charge in [0.15, 0.2) is 5.72 Å². The topological polar surface area (TPSA) is 40.5 Å². The minimum absolute atomic E-state index is 0.276. The van der Waals surface area contributed by atoms with Gasteiger partial charge in [-0.15, -0.1) is 0 Å². The summed E-state index contributed by atoms with van der Waals surface area (Å²) < 4.78 is 13.4. The third kappa shape index (κ3) is 1.50. The number of benzene rings is 2. The number of rotatable bonds is 1. The number of hydrogen-bond acceptors (Lipinski definition) is 2. The smallest absolute Gasteiger partial charge is 0.256 e. The Balaban J connectivity index is 2.27. The molecule has 3 nitrogen and oxygen atoms in total. The second kappa shape index (κ2) is 3.90. The van der Waals surface area contributed by atoms with Gasteiger partial charge in [-0.25, -0.2) is 4.39 Å². The summed E-state index contributed by atoms with van der Waals surface area (Å²) in [7, 11) is 1.51. The van der Waals surface area contributed by atoms with Crippen molar-refractivity contribution in [3.63, 3.8) is 0 Å². The zero-order chi connectivity index (χ0) is 13.6. The molecule has 2 aromatic carbocycles. The van der Waals surface area contributed by atoms with Crippen molar-refractivity contribution in [2.75, 3.05) is 7.05 Å². The highest BCUT2D eigenvalue weighted by molar-refractivity contribution is 6.00. The largest absolute Gasteiger partial charge is 0.363 e. The third-order valence-corrected chi connectivity index (χ3v) is 3.55. The second-order valence-corrected chi connectivity index (χ2v) is 4.59. The number of fused-ring (bicyclic) bond motifs is 1. The van der Waals surface area contributed by atoms with Crippen LogP contribution in [-0.4, -0.2) is 23.0 Å². The van der Waals surface area contributed by atoms with E-state index in [4.69, 9.17) is 0 Å². The van der Waals surface area contributed by atoms with Gasteiger partial charge in [-0.3, -0.25) is 4.79 Å². The van der Waals surface area contributed by atoms with E-state index in [1.165, 1.54) is 30.1 Å². The minimum Gasteiger partial charge on any atom is -0.363 e. The van der Waals surface area contributed by atoms with Gasteiger partial charge in [-0.1, -0.05) is 30.3 Å². The Labute approximate surface area is 109 Å². The Kier molecular flexibility index (Phi) is 2.43. The number of carbonyl (C=O) groups excluding carboxylic acids is 1. The molecule has 0 spiro atoms. The van der Waals surface area contributed by atoms with Gasteiger partial charge in [0.2, 0.25) is 0 Å². The van der Waals surface area contributed by atoms with E-state index in [1.807, 2.05) is 0 Å². The van der Waals surface area contributed by atoms with Crippen LogP contribution >= 0.6 is 0 Å². The number of carbonyl (C=O) groups is 1. The van der Waals surface area contributed by atoms with Crippen LogP contribution in [0.15, 0.2) is 48.5 Å². The van der Waals surface area contributed by atoms with Crippen molar-refractivity contribution in [2.45, 2.75) is 5.72 Å². The summed E-state index contributed by atoms with van der Waals surface area (Å²) in [6, 6.07) is 12.5. The maximum absolute atomic E-state index is 13.4. The quantitative estimate of drug-likeness (QED) is 0.850. The average molecular weight is 257 g/mol. The van der Waals surface area contributed by atoms with Crippen molar-refractivity contribution in [3.05, 3.63) is 71.0 Å². The summed E-state index contributed by atoms with van der Waals surface area (Å²) in [5, 5.41) is 10.9. The van der Waals surface area contributed by atoms with Gasteiger partial charge >= 0.3 is 0 Å². The molecule has 1 unspecified atom stereocenters. The van der Waals surface area contributed by atoms with Gasteiger partial charge in [0, 0.05) is 23.7 Å². The van der Waals surface area contributed by atoms with Crippen molar-refractivity contribution >= 4 is 5.91 Å². The van der Waals surface area contributed by atoms with Crippen LogP contribution in [0, 0.1) is 5.82 Å². The van der Waals surface area contributed by atoms with Crippen LogP contribution in [0.3, 0.4) is 0 Å². The fourth-order valence-electron chi connectivity index (χ4n) is 2.54. The summed E-state index contributed by atoms with van der Waals surface area (Å²) in [5.41, 5.74) is -0.353. The van der Waals surface area contributed by atoms with Gasteiger partial charge in [0.05, 0.1) is 0 Å². The molecule has 0 aliphatic carbocycles. The minimum atomic E-state index is -1.62. The van der Waals surface area contributed by atoms with Crippen LogP contribution in [0.2, 0.25) is 0 Å². The summed E-state index contributed by atoms with van der Waals surface area (Å²) in [6.45, 7) is 0. The molecule has 0 aromatic heterocycles. The monoisotopic (exact) mass is 257 g/mol. The number of aliphatic hydroxyl groups is 1. The summed E-state index contributed by atoms with van der Waals surface area (Å²) in [6.07, 6.45) is 0. The third-order valence-electron chi connectivity index (χ3n) is 3.55. The van der Waals surface area contributed by atoms with Crippen molar-refractivity contribution in [1.29, 1.82) is 0 Å². The normalized spacial score (nSPS) is 21.6. The van der Waals surface area contributed by atoms with Gasteiger partial charge in [-0.2, -0.15) is 0 Å². The van der Waals surface area contributed by atoms with Crippen LogP contribution in [0.1, 0.15) is 21.5 Å². The highest BCUT2D eigenvalue weighted by Crippen LogP contribution is 2.40. The van der Waals surface area contributed by atoms with Gasteiger partial charge in [-0.05, 0) is 18.2 Å². The Morgan fingerprint density at radius 2 is 1.89 bits per heavy atom. The highest BCUT2D eigenvalue weighted by Gasteiger charge is 2.47. The SMILES string of the molecule is CN1C(=O)c2ccccc2C1(O)c1cccc(F)c1. The van der Waals surface area contributed by atoms with Crippen LogP contribution in [0.4, 0.5) is 4.39 Å². The molecular weight excluding hydrogens is 245 g/mol. The van der Waals surface area contributed by atoms with Crippen molar-refractivity contribution in [3.8, 4) is 0 Å². The molecule has 1 heterocycles. The fraction of sp³-hybridized carbons (Fsp3) is 0.133. The van der Waals surface area contributed by atoms with Crippen molar-refractivity contribution < 1.29 is 14.3 Å². The summed E-state index contributed by atoms with van der Waals surface area (Å²) in [5.74, 6) is -0.724. The van der Waals surface area contributed by atoms with E-state index in [9.17, 15) is 14.3 Å². The van der Waals surface area contributed by atoms with Crippen LogP contribution in [-0.2, 0) is 5.72 Å². The lowest BCUT2D eigenvalue weighted by molar-refractivity contribution is -0.0371. The first-order chi connectivity index (χ1) is 9.05. The lowest BCUT2D eigenvalue weighted by Gasteiger charge is -2.31. The molecule has 2 aromatic rings. The van der Waals surface area contributed by atoms with Crippen LogP contribution in [0.5, 0.6) is 0 Å². The molecule has 1 atom stereocenters. The molecule has 1 aliphatic rings. The number of amides is 1. The molecule has 1 N–H and O–H groups in total. The molecule has 0 fully saturated rings. The standard InChI is InChI=1S/C15H12FNO2/c1-17-14(18)12-7-2-3-8-13(12)15(17,19)10-5-4-6-11(16)9-10/h2-9,19H,1H3. The Bertz CT molecular complexity index is 671. The van der Waals surface area contributed by atoms with Crippen molar-refractivity contribution in [1.82, 2.24) is 4.90 Å². The Hall–Kier alpha value is -2.20. The van der Waals surface area contributed by atoms with E-state index >= 15 is 0 Å². The summed E-state index contributed by atoms with van der Waals surface area (Å²) >= 11 is 0. The first-order valence-electron chi connectivity index (χ1n) is 5.91. The lowest BCUT2D eigenvalue weighted by atomic mass is 9.94. The van der Waals surface area contributed by atoms with E-state index in [0.717, 1.165) is 0 Å². The molecule has 3 rings (SSSR count). The molecule has 1 aliphatic heterocycles. The molecule has 4 heteroatoms. The molecule has 96 valence electrons. The van der Waals surface area contributed by atoms with Crippen molar-refractivity contribution in [2.24, 2.45) is 0 Å². The molecule has 0 radical (unpaired) electrons. The lowest BCUT2D eigenvalue weighted by Crippen LogP contribution is -2.41. The predicted octanol–water partition coefficient (Wildman–Crippen LogP) is 2.10. The number of nitrogens with zero attached hydrogens (tertiary/aromatic N) is 1. The van der Waals surface area contributed by atoms with Gasteiger partial charge in [0.25, 0.3) is 5.91 Å². The van der Waals surface area contributed by atoms with E-state index in [0.29, 0.717) is 16.7 Å². The molecule has 0 saturated heterocycles. The van der Waals surface area contributed by atoms with Gasteiger partial charge < -0.3 is 10.0 Å². The van der Waals surface area contributed by atoms with E-state index in [1.54, 1.807) is 30.3 Å². The van der Waals surface area contributed by atoms with E-state index < -0.39 is 11.5 Å². The van der Waals surface area contributed by atoms with E-state index in [-0.39, 0.29) is 5.91 Å². The fourth-order valence-corrected chi connectivity index (χ4v) is 2.54. The van der Waals surface area contributed by atoms with Gasteiger partial charge in [0.1, 0.15) is 5.82 Å². The number of halogens is 1. The maximum Gasteiger partial charge on any atom is 0.256 e. The zero-order valence-corrected chi connectivity index (χ0v) is 10.3. The zero-order valence-electron chi connectivity index (χ0n) is 10.3. The molecule has 1 amide bonds. The van der Waals surface area contributed by atoms with Crippen LogP contribution < -0.4 is 0 Å². The second-order valence-electron chi connectivity index (χ2n) is 4.59. The first kappa shape index (κ1) is 11.9. The molecule has 19 heavy (non-hydrogen) atoms. The molecule has 0 bridgehead atoms. The predicted molar refractivity (Wildman–Crippen MR) is 67.9 cm³/mol. The summed E-state index contributed by atoms with van der Waals surface area (Å²) in [4.78, 5) is 13.4. The van der Waals surface area contributed by atoms with Crippen LogP contribution in [0.25, 0.3) is 0 Å². The average Bonchev–Trinajstić information content (AvgIpc) is 2.63. The maximum atomic E-state index is 13.4. The van der Waals surface area contributed by atoms with E-state index in [2.05, 4.69) is 0 Å². The molecule has 0 saturated carbocycles. The highest BCUT2D eigenvalue weighted by atomic mass is 19.1. The molecular formula is C15H12FNO2. The Morgan fingerprint density at radius 1 is 1.16 bits per heavy atom. The Morgan fingerprint density at radius 3 is 2.63 bits per heavy atom. The first-order valence-corrected chi connectivity index (χ1v) is 5.91.